The Morgan fingerprint density at radius 2 is 1.89 bits per heavy atom. The molecule has 19 heavy (non-hydrogen) atoms. The molecule has 2 rings (SSSR count). The first-order chi connectivity index (χ1) is 9.15. The molecule has 6 nitrogen and oxygen atoms in total. The van der Waals surface area contributed by atoms with Crippen LogP contribution in [0.2, 0.25) is 0 Å². The monoisotopic (exact) mass is 264 g/mol. The molecule has 0 aromatic heterocycles. The molecule has 0 radical (unpaired) electrons. The van der Waals surface area contributed by atoms with Crippen LogP contribution in [0.3, 0.4) is 0 Å². The van der Waals surface area contributed by atoms with Gasteiger partial charge in [-0.3, -0.25) is 4.79 Å². The topological polar surface area (TPSA) is 67.9 Å². The predicted molar refractivity (Wildman–Crippen MR) is 69.3 cm³/mol. The van der Waals surface area contributed by atoms with Gasteiger partial charge in [-0.15, -0.1) is 0 Å². The predicted octanol–water partition coefficient (Wildman–Crippen LogP) is 1.16. The van der Waals surface area contributed by atoms with E-state index in [4.69, 9.17) is 9.47 Å². The highest BCUT2D eigenvalue weighted by Gasteiger charge is 2.30. The lowest BCUT2D eigenvalue weighted by Crippen LogP contribution is -2.41. The van der Waals surface area contributed by atoms with Gasteiger partial charge in [0.05, 0.1) is 25.3 Å². The molecule has 1 unspecified atom stereocenters. The first-order valence-electron chi connectivity index (χ1n) is 5.93. The number of anilines is 1. The summed E-state index contributed by atoms with van der Waals surface area (Å²) >= 11 is 0. The highest BCUT2D eigenvalue weighted by atomic mass is 16.5. The van der Waals surface area contributed by atoms with E-state index < -0.39 is 6.03 Å². The van der Waals surface area contributed by atoms with Gasteiger partial charge in [0, 0.05) is 13.7 Å². The Kier molecular flexibility index (Phi) is 4.01. The van der Waals surface area contributed by atoms with E-state index >= 15 is 0 Å². The molecule has 1 aromatic carbocycles. The quantitative estimate of drug-likeness (QED) is 0.889. The maximum Gasteiger partial charge on any atom is 0.328 e. The molecule has 0 bridgehead atoms. The zero-order valence-electron chi connectivity index (χ0n) is 10.9. The average molecular weight is 264 g/mol. The lowest BCUT2D eigenvalue weighted by molar-refractivity contribution is -0.119. The number of ether oxygens (including phenoxy) is 2. The number of hydrogen-bond acceptors (Lipinski definition) is 4. The number of imide groups is 1. The van der Waals surface area contributed by atoms with Gasteiger partial charge in [0.1, 0.15) is 5.75 Å². The van der Waals surface area contributed by atoms with E-state index in [9.17, 15) is 9.59 Å². The van der Waals surface area contributed by atoms with Crippen molar-refractivity contribution < 1.29 is 19.1 Å². The van der Waals surface area contributed by atoms with Crippen molar-refractivity contribution in [2.45, 2.75) is 12.5 Å². The fourth-order valence-electron chi connectivity index (χ4n) is 1.91. The Labute approximate surface area is 111 Å². The van der Waals surface area contributed by atoms with Gasteiger partial charge in [0.15, 0.2) is 0 Å². The number of rotatable bonds is 3. The third-order valence-corrected chi connectivity index (χ3v) is 3.00. The third-order valence-electron chi connectivity index (χ3n) is 3.00. The first-order valence-corrected chi connectivity index (χ1v) is 5.93. The number of amides is 3. The smallest absolute Gasteiger partial charge is 0.328 e. The van der Waals surface area contributed by atoms with Crippen LogP contribution in [0, 0.1) is 0 Å². The Morgan fingerprint density at radius 1 is 1.21 bits per heavy atom. The van der Waals surface area contributed by atoms with Gasteiger partial charge in [0.25, 0.3) is 0 Å². The SMILES string of the molecule is COc1ccc(N2C(=O)CC(OC)CNC2=O)cc1. The zero-order chi connectivity index (χ0) is 13.8. The van der Waals surface area contributed by atoms with Gasteiger partial charge in [-0.05, 0) is 24.3 Å². The van der Waals surface area contributed by atoms with Gasteiger partial charge in [-0.25, -0.2) is 9.69 Å². The number of nitrogens with zero attached hydrogens (tertiary/aromatic N) is 1. The second-order valence-corrected chi connectivity index (χ2v) is 4.18. The van der Waals surface area contributed by atoms with E-state index in [-0.39, 0.29) is 18.4 Å². The zero-order valence-corrected chi connectivity index (χ0v) is 10.9. The lowest BCUT2D eigenvalue weighted by atomic mass is 10.2. The normalized spacial score (nSPS) is 19.9. The number of hydrogen-bond donors (Lipinski definition) is 1. The molecule has 102 valence electrons. The number of carbonyl (C=O) groups is 2. The van der Waals surface area contributed by atoms with Crippen molar-refractivity contribution in [1.29, 1.82) is 0 Å². The van der Waals surface area contributed by atoms with Gasteiger partial charge in [0.2, 0.25) is 5.91 Å². The third kappa shape index (κ3) is 2.85. The van der Waals surface area contributed by atoms with Crippen LogP contribution in [0.5, 0.6) is 5.75 Å². The number of nitrogens with one attached hydrogen (secondary N) is 1. The Bertz CT molecular complexity index is 472. The van der Waals surface area contributed by atoms with E-state index in [0.29, 0.717) is 18.0 Å². The second kappa shape index (κ2) is 5.71. The fraction of sp³-hybridized carbons (Fsp3) is 0.385. The molecular formula is C13H16N2O4. The first kappa shape index (κ1) is 13.4. The van der Waals surface area contributed by atoms with Crippen molar-refractivity contribution in [2.75, 3.05) is 25.7 Å². The van der Waals surface area contributed by atoms with Crippen molar-refractivity contribution in [1.82, 2.24) is 5.32 Å². The Balaban J connectivity index is 2.25. The molecule has 1 saturated heterocycles. The van der Waals surface area contributed by atoms with Crippen molar-refractivity contribution >= 4 is 17.6 Å². The largest absolute Gasteiger partial charge is 0.497 e. The highest BCUT2D eigenvalue weighted by molar-refractivity contribution is 6.14. The fourth-order valence-corrected chi connectivity index (χ4v) is 1.91. The summed E-state index contributed by atoms with van der Waals surface area (Å²) < 4.78 is 10.2. The summed E-state index contributed by atoms with van der Waals surface area (Å²) in [5, 5.41) is 2.66. The molecule has 6 heteroatoms. The number of urea groups is 1. The molecule has 1 atom stereocenters. The second-order valence-electron chi connectivity index (χ2n) is 4.18. The Morgan fingerprint density at radius 3 is 2.47 bits per heavy atom. The van der Waals surface area contributed by atoms with Gasteiger partial charge in [-0.1, -0.05) is 0 Å². The minimum absolute atomic E-state index is 0.168. The van der Waals surface area contributed by atoms with E-state index in [1.807, 2.05) is 0 Å². The molecule has 0 spiro atoms. The number of carbonyl (C=O) groups excluding carboxylic acids is 2. The van der Waals surface area contributed by atoms with Crippen LogP contribution in [0.25, 0.3) is 0 Å². The Hall–Kier alpha value is -2.08. The molecule has 1 N–H and O–H groups in total. The van der Waals surface area contributed by atoms with Crippen LogP contribution in [-0.2, 0) is 9.53 Å². The lowest BCUT2D eigenvalue weighted by Gasteiger charge is -2.18. The highest BCUT2D eigenvalue weighted by Crippen LogP contribution is 2.21. The molecule has 1 aliphatic heterocycles. The minimum atomic E-state index is -0.435. The number of benzene rings is 1. The van der Waals surface area contributed by atoms with Gasteiger partial charge in [-0.2, -0.15) is 0 Å². The summed E-state index contributed by atoms with van der Waals surface area (Å²) in [6.45, 7) is 0.327. The maximum atomic E-state index is 12.1. The van der Waals surface area contributed by atoms with E-state index in [1.165, 1.54) is 7.11 Å². The van der Waals surface area contributed by atoms with E-state index in [0.717, 1.165) is 4.90 Å². The standard InChI is InChI=1S/C13H16N2O4/c1-18-10-5-3-9(4-6-10)15-12(16)7-11(19-2)8-14-13(15)17/h3-6,11H,7-8H2,1-2H3,(H,14,17). The molecule has 0 saturated carbocycles. The van der Waals surface area contributed by atoms with Gasteiger partial charge >= 0.3 is 6.03 Å². The van der Waals surface area contributed by atoms with E-state index in [2.05, 4.69) is 5.32 Å². The van der Waals surface area contributed by atoms with Crippen LogP contribution >= 0.6 is 0 Å². The summed E-state index contributed by atoms with van der Waals surface area (Å²) in [6.07, 6.45) is -0.124. The molecule has 1 heterocycles. The van der Waals surface area contributed by atoms with Crippen LogP contribution in [0.4, 0.5) is 10.5 Å². The average Bonchev–Trinajstić information content (AvgIpc) is 2.57. The summed E-state index contributed by atoms with van der Waals surface area (Å²) in [4.78, 5) is 25.2. The summed E-state index contributed by atoms with van der Waals surface area (Å²) in [5.74, 6) is 0.383. The molecular weight excluding hydrogens is 248 g/mol. The number of methoxy groups -OCH3 is 2. The summed E-state index contributed by atoms with van der Waals surface area (Å²) in [6, 6.07) is 6.31. The molecule has 1 aromatic rings. The molecule has 3 amide bonds. The van der Waals surface area contributed by atoms with Crippen molar-refractivity contribution in [3.63, 3.8) is 0 Å². The van der Waals surface area contributed by atoms with E-state index in [1.54, 1.807) is 31.4 Å². The van der Waals surface area contributed by atoms with Crippen LogP contribution in [-0.4, -0.2) is 38.8 Å². The van der Waals surface area contributed by atoms with Crippen LogP contribution in [0.15, 0.2) is 24.3 Å². The summed E-state index contributed by atoms with van der Waals surface area (Å²) in [7, 11) is 3.08. The van der Waals surface area contributed by atoms with Crippen molar-refractivity contribution in [3.8, 4) is 5.75 Å². The molecule has 1 fully saturated rings. The maximum absolute atomic E-state index is 12.1. The van der Waals surface area contributed by atoms with Crippen molar-refractivity contribution in [3.05, 3.63) is 24.3 Å². The van der Waals surface area contributed by atoms with Crippen LogP contribution < -0.4 is 15.0 Å². The van der Waals surface area contributed by atoms with Gasteiger partial charge < -0.3 is 14.8 Å². The molecule has 1 aliphatic rings. The van der Waals surface area contributed by atoms with Crippen molar-refractivity contribution in [2.24, 2.45) is 0 Å². The minimum Gasteiger partial charge on any atom is -0.497 e. The molecule has 0 aliphatic carbocycles. The van der Waals surface area contributed by atoms with Crippen LogP contribution in [0.1, 0.15) is 6.42 Å². The summed E-state index contributed by atoms with van der Waals surface area (Å²) in [5.41, 5.74) is 0.514.